The van der Waals surface area contributed by atoms with Crippen molar-refractivity contribution in [1.82, 2.24) is 9.47 Å². The number of esters is 1. The number of benzene rings is 1. The van der Waals surface area contributed by atoms with Gasteiger partial charge in [-0.25, -0.2) is 14.2 Å². The number of aromatic nitrogens is 1. The second-order valence-corrected chi connectivity index (χ2v) is 25.1. The standard InChI is InChI=1S/C33H52N2O7Si2/c1-32(2,3)42-31(38)35-28(20-27-19-25(13-16-29(27)35)22-41-44(11,12)33(4,5)6)15-14-26(30(37)39-7)21-34(23-36)24-40-17-18-43(8,9)10/h13-16,19-21,23H,17-18,22,24H2,1-12H3/b15-14+,26-21+. The van der Waals surface area contributed by atoms with E-state index in [1.807, 2.05) is 24.3 Å². The molecule has 1 aromatic heterocycles. The highest BCUT2D eigenvalue weighted by Crippen LogP contribution is 2.37. The van der Waals surface area contributed by atoms with Gasteiger partial charge in [-0.1, -0.05) is 46.5 Å². The van der Waals surface area contributed by atoms with Crippen LogP contribution in [0, 0.1) is 0 Å². The van der Waals surface area contributed by atoms with E-state index in [2.05, 4.69) is 53.5 Å². The van der Waals surface area contributed by atoms with Gasteiger partial charge in [-0.15, -0.1) is 0 Å². The molecule has 0 saturated heterocycles. The van der Waals surface area contributed by atoms with Crippen LogP contribution in [0.5, 0.6) is 0 Å². The van der Waals surface area contributed by atoms with Crippen LogP contribution in [0.4, 0.5) is 4.79 Å². The molecule has 244 valence electrons. The summed E-state index contributed by atoms with van der Waals surface area (Å²) in [6.45, 7) is 24.2. The normalized spacial score (nSPS) is 13.4. The average Bonchev–Trinajstić information content (AvgIpc) is 3.26. The summed E-state index contributed by atoms with van der Waals surface area (Å²) in [5, 5.41) is 0.903. The molecule has 9 nitrogen and oxygen atoms in total. The molecule has 0 radical (unpaired) electrons. The molecular formula is C33H52N2O7Si2. The Labute approximate surface area is 265 Å². The van der Waals surface area contributed by atoms with E-state index in [-0.39, 0.29) is 17.3 Å². The van der Waals surface area contributed by atoms with Crippen molar-refractivity contribution < 1.29 is 33.0 Å². The summed E-state index contributed by atoms with van der Waals surface area (Å²) in [6, 6.07) is 8.64. The fraction of sp³-hybridized carbons (Fsp3) is 0.545. The van der Waals surface area contributed by atoms with Gasteiger partial charge in [-0.05, 0) is 80.9 Å². The number of methoxy groups -OCH3 is 1. The number of hydrogen-bond donors (Lipinski definition) is 0. The molecule has 0 saturated carbocycles. The van der Waals surface area contributed by atoms with Gasteiger partial charge in [0.1, 0.15) is 12.3 Å². The molecule has 0 fully saturated rings. The minimum Gasteiger partial charge on any atom is -0.465 e. The Hall–Kier alpha value is -3.00. The maximum atomic E-state index is 13.4. The summed E-state index contributed by atoms with van der Waals surface area (Å²) in [4.78, 5) is 39.1. The van der Waals surface area contributed by atoms with Crippen molar-refractivity contribution >= 4 is 51.8 Å². The highest BCUT2D eigenvalue weighted by atomic mass is 28.4. The highest BCUT2D eigenvalue weighted by molar-refractivity contribution is 6.76. The van der Waals surface area contributed by atoms with Crippen LogP contribution in [0.15, 0.2) is 42.1 Å². The van der Waals surface area contributed by atoms with E-state index >= 15 is 0 Å². The number of fused-ring (bicyclic) bond motifs is 1. The van der Waals surface area contributed by atoms with Gasteiger partial charge in [-0.3, -0.25) is 9.69 Å². The molecule has 0 unspecified atom stereocenters. The highest BCUT2D eigenvalue weighted by Gasteiger charge is 2.37. The molecule has 0 N–H and O–H groups in total. The number of rotatable bonds is 13. The van der Waals surface area contributed by atoms with Gasteiger partial charge in [-0.2, -0.15) is 0 Å². The first-order chi connectivity index (χ1) is 20.2. The third kappa shape index (κ3) is 11.2. The molecule has 1 heterocycles. The van der Waals surface area contributed by atoms with Crippen LogP contribution in [0.3, 0.4) is 0 Å². The molecule has 1 amide bonds. The monoisotopic (exact) mass is 644 g/mol. The molecule has 1 aromatic carbocycles. The van der Waals surface area contributed by atoms with E-state index in [1.54, 1.807) is 26.8 Å². The van der Waals surface area contributed by atoms with Crippen molar-refractivity contribution in [1.29, 1.82) is 0 Å². The SMILES string of the molecule is COC(=O)C(/C=C/c1cc2cc(CO[Si](C)(C)C(C)(C)C)ccc2n1C(=O)OC(C)(C)C)=C/N(C=O)COCC[Si](C)(C)C. The van der Waals surface area contributed by atoms with E-state index in [0.29, 0.717) is 30.8 Å². The number of carbonyl (C=O) groups is 3. The second-order valence-electron chi connectivity index (χ2n) is 14.7. The van der Waals surface area contributed by atoms with Crippen LogP contribution in [0.2, 0.25) is 43.8 Å². The Morgan fingerprint density at radius 2 is 1.66 bits per heavy atom. The fourth-order valence-corrected chi connectivity index (χ4v) is 5.49. The number of hydrogen-bond acceptors (Lipinski definition) is 7. The Morgan fingerprint density at radius 3 is 2.20 bits per heavy atom. The lowest BCUT2D eigenvalue weighted by molar-refractivity contribution is -0.135. The Morgan fingerprint density at radius 1 is 1.00 bits per heavy atom. The predicted octanol–water partition coefficient (Wildman–Crippen LogP) is 7.79. The molecule has 0 aliphatic rings. The minimum absolute atomic E-state index is 0.000208. The molecule has 44 heavy (non-hydrogen) atoms. The van der Waals surface area contributed by atoms with Gasteiger partial charge in [0.15, 0.2) is 8.32 Å². The maximum absolute atomic E-state index is 13.4. The van der Waals surface area contributed by atoms with Crippen LogP contribution < -0.4 is 0 Å². The van der Waals surface area contributed by atoms with Crippen molar-refractivity contribution in [2.75, 3.05) is 20.4 Å². The van der Waals surface area contributed by atoms with E-state index in [9.17, 15) is 14.4 Å². The summed E-state index contributed by atoms with van der Waals surface area (Å²) in [5.74, 6) is -0.639. The van der Waals surface area contributed by atoms with Gasteiger partial charge in [0.2, 0.25) is 6.41 Å². The summed E-state index contributed by atoms with van der Waals surface area (Å²) in [5.41, 5.74) is 1.53. The smallest absolute Gasteiger partial charge is 0.419 e. The molecule has 0 aliphatic heterocycles. The molecule has 0 bridgehead atoms. The molecule has 11 heteroatoms. The number of nitrogens with zero attached hydrogens (tertiary/aromatic N) is 2. The first kappa shape index (κ1) is 37.2. The van der Waals surface area contributed by atoms with Gasteiger partial charge in [0, 0.05) is 26.3 Å². The van der Waals surface area contributed by atoms with Gasteiger partial charge < -0.3 is 18.6 Å². The van der Waals surface area contributed by atoms with Crippen molar-refractivity contribution in [2.45, 2.75) is 97.6 Å². The Bertz CT molecular complexity index is 1370. The molecule has 2 rings (SSSR count). The average molecular weight is 645 g/mol. The van der Waals surface area contributed by atoms with Gasteiger partial charge in [0.05, 0.1) is 30.5 Å². The molecule has 0 spiro atoms. The molecule has 2 aromatic rings. The lowest BCUT2D eigenvalue weighted by Crippen LogP contribution is -2.40. The number of carbonyl (C=O) groups excluding carboxylic acids is 3. The van der Waals surface area contributed by atoms with E-state index in [0.717, 1.165) is 17.0 Å². The zero-order valence-corrected chi connectivity index (χ0v) is 30.7. The molecule has 0 atom stereocenters. The lowest BCUT2D eigenvalue weighted by atomic mass is 10.1. The van der Waals surface area contributed by atoms with Crippen molar-refractivity contribution in [3.63, 3.8) is 0 Å². The number of ether oxygens (including phenoxy) is 3. The quantitative estimate of drug-likeness (QED) is 0.0418. The molecule has 0 aliphatic carbocycles. The zero-order chi connectivity index (χ0) is 33.5. The van der Waals surface area contributed by atoms with E-state index < -0.39 is 34.1 Å². The maximum Gasteiger partial charge on any atom is 0.419 e. The van der Waals surface area contributed by atoms with Crippen molar-refractivity contribution in [3.8, 4) is 0 Å². The minimum atomic E-state index is -1.96. The topological polar surface area (TPSA) is 96.3 Å². The van der Waals surface area contributed by atoms with Gasteiger partial charge in [0.25, 0.3) is 0 Å². The van der Waals surface area contributed by atoms with Crippen LogP contribution >= 0.6 is 0 Å². The predicted molar refractivity (Wildman–Crippen MR) is 182 cm³/mol. The van der Waals surface area contributed by atoms with E-state index in [1.165, 1.54) is 28.9 Å². The third-order valence-corrected chi connectivity index (χ3v) is 13.6. The summed E-state index contributed by atoms with van der Waals surface area (Å²) >= 11 is 0. The first-order valence-corrected chi connectivity index (χ1v) is 21.6. The van der Waals surface area contributed by atoms with Crippen LogP contribution in [0.25, 0.3) is 17.0 Å². The van der Waals surface area contributed by atoms with Crippen LogP contribution in [-0.4, -0.2) is 70.4 Å². The summed E-state index contributed by atoms with van der Waals surface area (Å²) in [7, 11) is -1.98. The van der Waals surface area contributed by atoms with Crippen LogP contribution in [-0.2, 0) is 34.8 Å². The zero-order valence-electron chi connectivity index (χ0n) is 28.7. The third-order valence-electron chi connectivity index (χ3n) is 7.41. The summed E-state index contributed by atoms with van der Waals surface area (Å²) < 4.78 is 24.3. The lowest BCUT2D eigenvalue weighted by Gasteiger charge is -2.36. The van der Waals surface area contributed by atoms with E-state index in [4.69, 9.17) is 18.6 Å². The second kappa shape index (κ2) is 14.9. The Kier molecular flexibility index (Phi) is 12.6. The Balaban J connectivity index is 2.49. The molecular weight excluding hydrogens is 593 g/mol. The van der Waals surface area contributed by atoms with Gasteiger partial charge >= 0.3 is 12.1 Å². The van der Waals surface area contributed by atoms with Crippen molar-refractivity contribution in [2.24, 2.45) is 0 Å². The van der Waals surface area contributed by atoms with Crippen LogP contribution in [0.1, 0.15) is 52.8 Å². The largest absolute Gasteiger partial charge is 0.465 e. The summed E-state index contributed by atoms with van der Waals surface area (Å²) in [6.07, 6.45) is 4.57. The number of amides is 1. The fourth-order valence-electron chi connectivity index (χ4n) is 3.77. The first-order valence-electron chi connectivity index (χ1n) is 15.0. The van der Waals surface area contributed by atoms with Crippen molar-refractivity contribution in [3.05, 3.63) is 53.4 Å².